The largest absolute Gasteiger partial charge is 0.311 e. The Balaban J connectivity index is 1.82. The SMILES string of the molecule is CC1CN(CCc2ccsc2)C(C)CN1. The number of hydrogen-bond acceptors (Lipinski definition) is 3. The molecule has 0 amide bonds. The zero-order valence-corrected chi connectivity index (χ0v) is 10.4. The number of thiophene rings is 1. The van der Waals surface area contributed by atoms with Crippen LogP contribution in [0.3, 0.4) is 0 Å². The van der Waals surface area contributed by atoms with Crippen molar-refractivity contribution >= 4 is 11.3 Å². The van der Waals surface area contributed by atoms with Crippen LogP contribution in [0.15, 0.2) is 16.8 Å². The molecule has 1 aliphatic rings. The van der Waals surface area contributed by atoms with Crippen molar-refractivity contribution in [1.82, 2.24) is 10.2 Å². The van der Waals surface area contributed by atoms with Crippen molar-refractivity contribution < 1.29 is 0 Å². The first-order chi connectivity index (χ1) is 7.25. The normalized spacial score (nSPS) is 28.1. The van der Waals surface area contributed by atoms with Crippen LogP contribution in [0.4, 0.5) is 0 Å². The van der Waals surface area contributed by atoms with Crippen molar-refractivity contribution in [1.29, 1.82) is 0 Å². The number of rotatable bonds is 3. The lowest BCUT2D eigenvalue weighted by Gasteiger charge is -2.37. The van der Waals surface area contributed by atoms with E-state index in [-0.39, 0.29) is 0 Å². The van der Waals surface area contributed by atoms with Gasteiger partial charge in [-0.1, -0.05) is 0 Å². The summed E-state index contributed by atoms with van der Waals surface area (Å²) in [5.74, 6) is 0. The van der Waals surface area contributed by atoms with Gasteiger partial charge in [-0.05, 0) is 42.7 Å². The van der Waals surface area contributed by atoms with E-state index in [1.165, 1.54) is 25.1 Å². The topological polar surface area (TPSA) is 15.3 Å². The van der Waals surface area contributed by atoms with Gasteiger partial charge < -0.3 is 5.32 Å². The molecule has 1 fully saturated rings. The van der Waals surface area contributed by atoms with Crippen molar-refractivity contribution in [3.63, 3.8) is 0 Å². The lowest BCUT2D eigenvalue weighted by Crippen LogP contribution is -2.54. The predicted molar refractivity (Wildman–Crippen MR) is 66.5 cm³/mol. The summed E-state index contributed by atoms with van der Waals surface area (Å²) < 4.78 is 0. The molecule has 0 radical (unpaired) electrons. The Morgan fingerprint density at radius 3 is 3.13 bits per heavy atom. The average Bonchev–Trinajstić information content (AvgIpc) is 2.72. The van der Waals surface area contributed by atoms with Crippen molar-refractivity contribution in [2.24, 2.45) is 0 Å². The summed E-state index contributed by atoms with van der Waals surface area (Å²) in [6.45, 7) is 8.09. The minimum atomic E-state index is 0.642. The maximum Gasteiger partial charge on any atom is 0.0193 e. The summed E-state index contributed by atoms with van der Waals surface area (Å²) in [4.78, 5) is 2.60. The van der Waals surface area contributed by atoms with Crippen LogP contribution in [0.5, 0.6) is 0 Å². The van der Waals surface area contributed by atoms with Gasteiger partial charge in [0.15, 0.2) is 0 Å². The second-order valence-electron chi connectivity index (χ2n) is 4.53. The Morgan fingerprint density at radius 2 is 2.40 bits per heavy atom. The molecular formula is C12H20N2S. The third kappa shape index (κ3) is 3.03. The minimum Gasteiger partial charge on any atom is -0.311 e. The summed E-state index contributed by atoms with van der Waals surface area (Å²) in [5.41, 5.74) is 1.48. The Labute approximate surface area is 96.3 Å². The number of piperazine rings is 1. The Morgan fingerprint density at radius 1 is 1.53 bits per heavy atom. The molecule has 2 rings (SSSR count). The van der Waals surface area contributed by atoms with Crippen LogP contribution in [-0.4, -0.2) is 36.6 Å². The first-order valence-electron chi connectivity index (χ1n) is 5.74. The fraction of sp³-hybridized carbons (Fsp3) is 0.667. The Hall–Kier alpha value is -0.380. The highest BCUT2D eigenvalue weighted by molar-refractivity contribution is 7.07. The quantitative estimate of drug-likeness (QED) is 0.844. The van der Waals surface area contributed by atoms with Gasteiger partial charge >= 0.3 is 0 Å². The van der Waals surface area contributed by atoms with Gasteiger partial charge in [0.2, 0.25) is 0 Å². The molecule has 2 atom stereocenters. The molecule has 0 aliphatic carbocycles. The number of hydrogen-bond donors (Lipinski definition) is 1. The van der Waals surface area contributed by atoms with Crippen LogP contribution in [0, 0.1) is 0 Å². The third-order valence-electron chi connectivity index (χ3n) is 3.16. The monoisotopic (exact) mass is 224 g/mol. The van der Waals surface area contributed by atoms with Crippen molar-refractivity contribution in [2.75, 3.05) is 19.6 Å². The summed E-state index contributed by atoms with van der Waals surface area (Å²) in [7, 11) is 0. The molecule has 1 N–H and O–H groups in total. The van der Waals surface area contributed by atoms with Gasteiger partial charge in [-0.25, -0.2) is 0 Å². The molecule has 1 aliphatic heterocycles. The van der Waals surface area contributed by atoms with Crippen LogP contribution < -0.4 is 5.32 Å². The minimum absolute atomic E-state index is 0.642. The third-order valence-corrected chi connectivity index (χ3v) is 3.89. The van der Waals surface area contributed by atoms with Crippen molar-refractivity contribution in [3.05, 3.63) is 22.4 Å². The summed E-state index contributed by atoms with van der Waals surface area (Å²) in [6.07, 6.45) is 1.20. The highest BCUT2D eigenvalue weighted by atomic mass is 32.1. The van der Waals surface area contributed by atoms with Gasteiger partial charge in [-0.2, -0.15) is 11.3 Å². The van der Waals surface area contributed by atoms with E-state index in [2.05, 4.69) is 40.9 Å². The molecule has 0 saturated carbocycles. The van der Waals surface area contributed by atoms with Gasteiger partial charge in [-0.3, -0.25) is 4.90 Å². The lowest BCUT2D eigenvalue weighted by atomic mass is 10.1. The molecule has 1 saturated heterocycles. The molecule has 0 bridgehead atoms. The van der Waals surface area contributed by atoms with Gasteiger partial charge in [0.25, 0.3) is 0 Å². The van der Waals surface area contributed by atoms with Gasteiger partial charge in [-0.15, -0.1) is 0 Å². The van der Waals surface area contributed by atoms with E-state index in [1.54, 1.807) is 11.3 Å². The average molecular weight is 224 g/mol. The zero-order chi connectivity index (χ0) is 10.7. The van der Waals surface area contributed by atoms with Crippen LogP contribution in [0.2, 0.25) is 0 Å². The fourth-order valence-corrected chi connectivity index (χ4v) is 2.82. The Bertz CT molecular complexity index is 284. The van der Waals surface area contributed by atoms with E-state index in [4.69, 9.17) is 0 Å². The second-order valence-corrected chi connectivity index (χ2v) is 5.31. The van der Waals surface area contributed by atoms with Gasteiger partial charge in [0.1, 0.15) is 0 Å². The van der Waals surface area contributed by atoms with Crippen LogP contribution >= 0.6 is 11.3 Å². The van der Waals surface area contributed by atoms with E-state index in [0.29, 0.717) is 12.1 Å². The highest BCUT2D eigenvalue weighted by Gasteiger charge is 2.21. The van der Waals surface area contributed by atoms with Crippen LogP contribution in [0.25, 0.3) is 0 Å². The standard InChI is InChI=1S/C12H20N2S/c1-10-8-14(11(2)7-13-10)5-3-12-4-6-15-9-12/h4,6,9-11,13H,3,5,7-8H2,1-2H3. The van der Waals surface area contributed by atoms with Crippen molar-refractivity contribution in [3.8, 4) is 0 Å². The predicted octanol–water partition coefficient (Wildman–Crippen LogP) is 1.97. The van der Waals surface area contributed by atoms with E-state index in [1.807, 2.05) is 0 Å². The molecule has 2 nitrogen and oxygen atoms in total. The molecule has 2 heterocycles. The maximum atomic E-state index is 3.52. The molecule has 1 aromatic heterocycles. The van der Waals surface area contributed by atoms with E-state index < -0.39 is 0 Å². The fourth-order valence-electron chi connectivity index (χ4n) is 2.12. The van der Waals surface area contributed by atoms with Gasteiger partial charge in [0, 0.05) is 31.7 Å². The molecule has 3 heteroatoms. The summed E-state index contributed by atoms with van der Waals surface area (Å²) >= 11 is 1.80. The summed E-state index contributed by atoms with van der Waals surface area (Å²) in [5, 5.41) is 7.94. The highest BCUT2D eigenvalue weighted by Crippen LogP contribution is 2.11. The van der Waals surface area contributed by atoms with Crippen LogP contribution in [-0.2, 0) is 6.42 Å². The molecule has 15 heavy (non-hydrogen) atoms. The number of nitrogens with zero attached hydrogens (tertiary/aromatic N) is 1. The first kappa shape index (κ1) is 11.1. The summed E-state index contributed by atoms with van der Waals surface area (Å²) in [6, 6.07) is 3.56. The van der Waals surface area contributed by atoms with E-state index in [0.717, 1.165) is 6.54 Å². The molecule has 0 aromatic carbocycles. The smallest absolute Gasteiger partial charge is 0.0193 e. The van der Waals surface area contributed by atoms with E-state index >= 15 is 0 Å². The number of nitrogens with one attached hydrogen (secondary N) is 1. The van der Waals surface area contributed by atoms with E-state index in [9.17, 15) is 0 Å². The molecule has 84 valence electrons. The second kappa shape index (κ2) is 5.10. The molecule has 2 unspecified atom stereocenters. The molecule has 1 aromatic rings. The molecular weight excluding hydrogens is 204 g/mol. The first-order valence-corrected chi connectivity index (χ1v) is 6.68. The van der Waals surface area contributed by atoms with Crippen molar-refractivity contribution in [2.45, 2.75) is 32.4 Å². The maximum absolute atomic E-state index is 3.52. The van der Waals surface area contributed by atoms with Crippen LogP contribution in [0.1, 0.15) is 19.4 Å². The van der Waals surface area contributed by atoms with Gasteiger partial charge in [0.05, 0.1) is 0 Å². The lowest BCUT2D eigenvalue weighted by molar-refractivity contribution is 0.148. The zero-order valence-electron chi connectivity index (χ0n) is 9.57. The Kier molecular flexibility index (Phi) is 3.78. The molecule has 0 spiro atoms.